The molecule has 0 spiro atoms. The van der Waals surface area contributed by atoms with Gasteiger partial charge in [-0.2, -0.15) is 0 Å². The molecule has 1 aromatic heterocycles. The smallest absolute Gasteiger partial charge is 0.257 e. The Balaban J connectivity index is 1.82. The van der Waals surface area contributed by atoms with Gasteiger partial charge in [-0.1, -0.05) is 17.7 Å². The van der Waals surface area contributed by atoms with Crippen LogP contribution in [0.15, 0.2) is 65.6 Å². The zero-order valence-electron chi connectivity index (χ0n) is 13.4. The second-order valence-electron chi connectivity index (χ2n) is 5.59. The van der Waals surface area contributed by atoms with Crippen molar-refractivity contribution in [3.63, 3.8) is 0 Å². The molecule has 0 aliphatic rings. The molecule has 1 N–H and O–H groups in total. The SMILES string of the molecule is O=C(Nc1ccc(Cl)cc1)c1ccc(=O)n(Cc2ccc(F)c(F)c2)c1. The maximum absolute atomic E-state index is 13.3. The molecule has 0 atom stereocenters. The Morgan fingerprint density at radius 1 is 1.00 bits per heavy atom. The van der Waals surface area contributed by atoms with E-state index in [2.05, 4.69) is 5.32 Å². The average Bonchev–Trinajstić information content (AvgIpc) is 2.62. The molecule has 0 radical (unpaired) electrons. The molecule has 0 aliphatic carbocycles. The molecule has 1 amide bonds. The molecule has 3 aromatic rings. The van der Waals surface area contributed by atoms with Crippen molar-refractivity contribution in [1.29, 1.82) is 0 Å². The predicted octanol–water partition coefficient (Wildman–Crippen LogP) is 4.08. The van der Waals surface area contributed by atoms with E-state index in [9.17, 15) is 18.4 Å². The van der Waals surface area contributed by atoms with Crippen LogP contribution in [0.2, 0.25) is 5.02 Å². The van der Waals surface area contributed by atoms with Gasteiger partial charge in [0.25, 0.3) is 11.5 Å². The van der Waals surface area contributed by atoms with Gasteiger partial charge in [0.1, 0.15) is 0 Å². The summed E-state index contributed by atoms with van der Waals surface area (Å²) in [5.74, 6) is -2.37. The summed E-state index contributed by atoms with van der Waals surface area (Å²) in [6.45, 7) is 0.0120. The van der Waals surface area contributed by atoms with E-state index < -0.39 is 17.5 Å². The number of carbonyl (C=O) groups is 1. The van der Waals surface area contributed by atoms with Crippen molar-refractivity contribution >= 4 is 23.2 Å². The van der Waals surface area contributed by atoms with Crippen LogP contribution in [-0.2, 0) is 6.54 Å². The Hall–Kier alpha value is -2.99. The van der Waals surface area contributed by atoms with Gasteiger partial charge < -0.3 is 9.88 Å². The van der Waals surface area contributed by atoms with Gasteiger partial charge in [0, 0.05) is 23.0 Å². The summed E-state index contributed by atoms with van der Waals surface area (Å²) in [4.78, 5) is 24.3. The van der Waals surface area contributed by atoms with E-state index in [-0.39, 0.29) is 17.7 Å². The first-order valence-corrected chi connectivity index (χ1v) is 8.01. The monoisotopic (exact) mass is 374 g/mol. The highest BCUT2D eigenvalue weighted by molar-refractivity contribution is 6.30. The van der Waals surface area contributed by atoms with Crippen LogP contribution < -0.4 is 10.9 Å². The Bertz CT molecular complexity index is 1020. The lowest BCUT2D eigenvalue weighted by atomic mass is 10.2. The van der Waals surface area contributed by atoms with Crippen molar-refractivity contribution in [2.75, 3.05) is 5.32 Å². The molecule has 0 unspecified atom stereocenters. The van der Waals surface area contributed by atoms with E-state index in [0.717, 1.165) is 12.1 Å². The fraction of sp³-hybridized carbons (Fsp3) is 0.0526. The molecule has 26 heavy (non-hydrogen) atoms. The number of aromatic nitrogens is 1. The first-order chi connectivity index (χ1) is 12.4. The van der Waals surface area contributed by atoms with Gasteiger partial charge in [-0.05, 0) is 48.0 Å². The Kier molecular flexibility index (Phi) is 5.14. The van der Waals surface area contributed by atoms with Crippen molar-refractivity contribution < 1.29 is 13.6 Å². The van der Waals surface area contributed by atoms with Crippen LogP contribution in [0.4, 0.5) is 14.5 Å². The van der Waals surface area contributed by atoms with Crippen LogP contribution in [0.5, 0.6) is 0 Å². The fourth-order valence-electron chi connectivity index (χ4n) is 2.36. The predicted molar refractivity (Wildman–Crippen MR) is 95.6 cm³/mol. The molecule has 0 saturated carbocycles. The van der Waals surface area contributed by atoms with Crippen molar-refractivity contribution in [2.24, 2.45) is 0 Å². The van der Waals surface area contributed by atoms with Gasteiger partial charge in [-0.15, -0.1) is 0 Å². The zero-order chi connectivity index (χ0) is 18.7. The van der Waals surface area contributed by atoms with Gasteiger partial charge in [-0.25, -0.2) is 8.78 Å². The molecular formula is C19H13ClF2N2O2. The summed E-state index contributed by atoms with van der Waals surface area (Å²) >= 11 is 5.80. The topological polar surface area (TPSA) is 51.1 Å². The number of benzene rings is 2. The number of hydrogen-bond donors (Lipinski definition) is 1. The number of anilines is 1. The molecule has 0 aliphatic heterocycles. The van der Waals surface area contributed by atoms with Gasteiger partial charge >= 0.3 is 0 Å². The molecule has 3 rings (SSSR count). The largest absolute Gasteiger partial charge is 0.322 e. The molecule has 132 valence electrons. The van der Waals surface area contributed by atoms with Gasteiger partial charge in [0.05, 0.1) is 12.1 Å². The highest BCUT2D eigenvalue weighted by atomic mass is 35.5. The van der Waals surface area contributed by atoms with Crippen molar-refractivity contribution in [3.05, 3.63) is 98.9 Å². The first-order valence-electron chi connectivity index (χ1n) is 7.64. The summed E-state index contributed by atoms with van der Waals surface area (Å²) in [5, 5.41) is 3.23. The van der Waals surface area contributed by atoms with Gasteiger partial charge in [0.2, 0.25) is 0 Å². The summed E-state index contributed by atoms with van der Waals surface area (Å²) < 4.78 is 27.6. The van der Waals surface area contributed by atoms with Crippen LogP contribution in [0, 0.1) is 11.6 Å². The van der Waals surface area contributed by atoms with Crippen LogP contribution in [0.25, 0.3) is 0 Å². The summed E-state index contributed by atoms with van der Waals surface area (Å²) in [6, 6.07) is 12.6. The lowest BCUT2D eigenvalue weighted by Gasteiger charge is -2.10. The van der Waals surface area contributed by atoms with E-state index >= 15 is 0 Å². The van der Waals surface area contributed by atoms with Crippen molar-refractivity contribution in [2.45, 2.75) is 6.54 Å². The molecule has 0 bridgehead atoms. The average molecular weight is 375 g/mol. The third-order valence-electron chi connectivity index (χ3n) is 3.68. The van der Waals surface area contributed by atoms with Crippen LogP contribution in [-0.4, -0.2) is 10.5 Å². The van der Waals surface area contributed by atoms with Crippen LogP contribution in [0.3, 0.4) is 0 Å². The summed E-state index contributed by atoms with van der Waals surface area (Å²) in [6.07, 6.45) is 1.37. The quantitative estimate of drug-likeness (QED) is 0.748. The minimum absolute atomic E-state index is 0.0120. The standard InChI is InChI=1S/C19H13ClF2N2O2/c20-14-3-5-15(6-4-14)23-19(26)13-2-8-18(25)24(11-13)10-12-1-7-16(21)17(22)9-12/h1-9,11H,10H2,(H,23,26). The Morgan fingerprint density at radius 3 is 2.42 bits per heavy atom. The second-order valence-corrected chi connectivity index (χ2v) is 6.03. The van der Waals surface area contributed by atoms with Gasteiger partial charge in [0.15, 0.2) is 11.6 Å². The molecule has 2 aromatic carbocycles. The lowest BCUT2D eigenvalue weighted by molar-refractivity contribution is 0.102. The number of pyridine rings is 1. The zero-order valence-corrected chi connectivity index (χ0v) is 14.1. The number of carbonyl (C=O) groups excluding carboxylic acids is 1. The van der Waals surface area contributed by atoms with Crippen molar-refractivity contribution in [3.8, 4) is 0 Å². The molecule has 7 heteroatoms. The lowest BCUT2D eigenvalue weighted by Crippen LogP contribution is -2.22. The third-order valence-corrected chi connectivity index (χ3v) is 3.94. The first kappa shape index (κ1) is 17.8. The number of rotatable bonds is 4. The molecular weight excluding hydrogens is 362 g/mol. The number of nitrogens with one attached hydrogen (secondary N) is 1. The number of halogens is 3. The van der Waals surface area contributed by atoms with E-state index in [0.29, 0.717) is 16.3 Å². The summed E-state index contributed by atoms with van der Waals surface area (Å²) in [7, 11) is 0. The van der Waals surface area contributed by atoms with E-state index in [4.69, 9.17) is 11.6 Å². The number of hydrogen-bond acceptors (Lipinski definition) is 2. The number of nitrogens with zero attached hydrogens (tertiary/aromatic N) is 1. The number of amides is 1. The van der Waals surface area contributed by atoms with Crippen molar-refractivity contribution in [1.82, 2.24) is 4.57 Å². The van der Waals surface area contributed by atoms with Crippen LogP contribution >= 0.6 is 11.6 Å². The van der Waals surface area contributed by atoms with E-state index in [1.165, 1.54) is 29.0 Å². The Labute approximate surface area is 152 Å². The van der Waals surface area contributed by atoms with Gasteiger partial charge in [-0.3, -0.25) is 9.59 Å². The minimum Gasteiger partial charge on any atom is -0.322 e. The highest BCUT2D eigenvalue weighted by Crippen LogP contribution is 2.14. The van der Waals surface area contributed by atoms with E-state index in [1.807, 2.05) is 0 Å². The van der Waals surface area contributed by atoms with E-state index in [1.54, 1.807) is 24.3 Å². The van der Waals surface area contributed by atoms with Crippen LogP contribution in [0.1, 0.15) is 15.9 Å². The highest BCUT2D eigenvalue weighted by Gasteiger charge is 2.10. The molecule has 1 heterocycles. The maximum Gasteiger partial charge on any atom is 0.257 e. The minimum atomic E-state index is -0.993. The molecule has 0 fully saturated rings. The summed E-state index contributed by atoms with van der Waals surface area (Å²) in [5.41, 5.74) is 0.846. The normalized spacial score (nSPS) is 10.6. The maximum atomic E-state index is 13.3. The Morgan fingerprint density at radius 2 is 1.73 bits per heavy atom. The molecule has 4 nitrogen and oxygen atoms in total. The third kappa shape index (κ3) is 4.15. The molecule has 0 saturated heterocycles. The second kappa shape index (κ2) is 7.49. The fourth-order valence-corrected chi connectivity index (χ4v) is 2.49.